The predicted molar refractivity (Wildman–Crippen MR) is 96.7 cm³/mol. The third-order valence-corrected chi connectivity index (χ3v) is 3.83. The molecule has 0 atom stereocenters. The van der Waals surface area contributed by atoms with Crippen molar-refractivity contribution in [3.8, 4) is 11.1 Å². The van der Waals surface area contributed by atoms with Gasteiger partial charge in [-0.15, -0.1) is 0 Å². The van der Waals surface area contributed by atoms with Gasteiger partial charge in [-0.05, 0) is 11.1 Å². The third-order valence-electron chi connectivity index (χ3n) is 3.83. The van der Waals surface area contributed by atoms with Crippen molar-refractivity contribution in [2.24, 2.45) is 10.3 Å². The minimum Gasteiger partial charge on any atom is -0.479 e. The number of hydrogen-bond donors (Lipinski definition) is 2. The molecule has 138 valence electrons. The van der Waals surface area contributed by atoms with Gasteiger partial charge in [0.25, 0.3) is 0 Å². The van der Waals surface area contributed by atoms with E-state index in [-0.39, 0.29) is 6.42 Å². The first-order valence-electron chi connectivity index (χ1n) is 8.06. The van der Waals surface area contributed by atoms with E-state index in [0.717, 1.165) is 22.3 Å². The molecule has 8 heteroatoms. The van der Waals surface area contributed by atoms with Crippen LogP contribution in [0.15, 0.2) is 58.8 Å². The average molecular weight is 368 g/mol. The molecule has 0 spiro atoms. The Morgan fingerprint density at radius 3 is 1.48 bits per heavy atom. The quantitative estimate of drug-likeness (QED) is 0.756. The van der Waals surface area contributed by atoms with Gasteiger partial charge in [-0.3, -0.25) is 0 Å². The first kappa shape index (κ1) is 18.1. The van der Waals surface area contributed by atoms with Crippen molar-refractivity contribution >= 4 is 23.4 Å². The Kier molecular flexibility index (Phi) is 5.46. The molecule has 0 aliphatic heterocycles. The van der Waals surface area contributed by atoms with Crippen molar-refractivity contribution < 1.29 is 29.5 Å². The summed E-state index contributed by atoms with van der Waals surface area (Å²) in [5, 5.41) is 25.5. The molecule has 8 nitrogen and oxygen atoms in total. The number of aliphatic carboxylic acids is 2. The van der Waals surface area contributed by atoms with Crippen LogP contribution < -0.4 is 0 Å². The summed E-state index contributed by atoms with van der Waals surface area (Å²) in [5.41, 5.74) is 4.27. The van der Waals surface area contributed by atoms with Crippen molar-refractivity contribution in [3.63, 3.8) is 0 Å². The van der Waals surface area contributed by atoms with Crippen LogP contribution in [0.4, 0.5) is 0 Å². The predicted octanol–water partition coefficient (Wildman–Crippen LogP) is 2.37. The second-order valence-corrected chi connectivity index (χ2v) is 5.68. The van der Waals surface area contributed by atoms with Gasteiger partial charge in [0.2, 0.25) is 13.2 Å². The molecule has 0 saturated heterocycles. The molecule has 1 aliphatic carbocycles. The van der Waals surface area contributed by atoms with Gasteiger partial charge < -0.3 is 19.9 Å². The maximum Gasteiger partial charge on any atom is 0.344 e. The Balaban J connectivity index is 2.08. The van der Waals surface area contributed by atoms with Gasteiger partial charge >= 0.3 is 11.9 Å². The molecule has 0 bridgehead atoms. The Bertz CT molecular complexity index is 860. The molecule has 0 aromatic heterocycles. The van der Waals surface area contributed by atoms with Crippen LogP contribution in [0.2, 0.25) is 0 Å². The zero-order valence-electron chi connectivity index (χ0n) is 14.2. The van der Waals surface area contributed by atoms with E-state index in [1.54, 1.807) is 0 Å². The number of carboxylic acid groups (broad SMARTS) is 2. The second-order valence-electron chi connectivity index (χ2n) is 5.68. The maximum atomic E-state index is 10.7. The van der Waals surface area contributed by atoms with Gasteiger partial charge in [0.15, 0.2) is 0 Å². The first-order chi connectivity index (χ1) is 13.1. The first-order valence-corrected chi connectivity index (χ1v) is 8.06. The Morgan fingerprint density at radius 1 is 0.741 bits per heavy atom. The fraction of sp³-hybridized carbons (Fsp3) is 0.158. The molecule has 27 heavy (non-hydrogen) atoms. The summed E-state index contributed by atoms with van der Waals surface area (Å²) in [5.74, 6) is -2.27. The van der Waals surface area contributed by atoms with E-state index in [9.17, 15) is 9.59 Å². The third kappa shape index (κ3) is 4.30. The van der Waals surface area contributed by atoms with E-state index in [0.29, 0.717) is 11.4 Å². The highest BCUT2D eigenvalue weighted by atomic mass is 16.6. The number of oxime groups is 2. The molecule has 0 amide bonds. The monoisotopic (exact) mass is 368 g/mol. The molecule has 0 radical (unpaired) electrons. The molecule has 0 unspecified atom stereocenters. The van der Waals surface area contributed by atoms with Gasteiger partial charge in [0.05, 0.1) is 11.4 Å². The highest BCUT2D eigenvalue weighted by Crippen LogP contribution is 2.33. The molecule has 2 aromatic rings. The smallest absolute Gasteiger partial charge is 0.344 e. The van der Waals surface area contributed by atoms with Gasteiger partial charge in [-0.25, -0.2) is 9.59 Å². The van der Waals surface area contributed by atoms with E-state index in [2.05, 4.69) is 10.3 Å². The van der Waals surface area contributed by atoms with Crippen molar-refractivity contribution in [2.75, 3.05) is 13.2 Å². The lowest BCUT2D eigenvalue weighted by atomic mass is 9.96. The van der Waals surface area contributed by atoms with Crippen LogP contribution in [-0.4, -0.2) is 46.8 Å². The summed E-state index contributed by atoms with van der Waals surface area (Å²) in [7, 11) is 0. The molecule has 3 rings (SSSR count). The molecule has 0 fully saturated rings. The fourth-order valence-corrected chi connectivity index (χ4v) is 2.78. The Morgan fingerprint density at radius 2 is 1.11 bits per heavy atom. The Labute approximate surface area is 154 Å². The van der Waals surface area contributed by atoms with Crippen molar-refractivity contribution in [1.82, 2.24) is 0 Å². The lowest BCUT2D eigenvalue weighted by Gasteiger charge is -2.08. The molecule has 1 aliphatic rings. The topological polar surface area (TPSA) is 118 Å². The van der Waals surface area contributed by atoms with E-state index >= 15 is 0 Å². The van der Waals surface area contributed by atoms with Crippen molar-refractivity contribution in [1.29, 1.82) is 0 Å². The van der Waals surface area contributed by atoms with Crippen LogP contribution in [0.5, 0.6) is 0 Å². The zero-order valence-corrected chi connectivity index (χ0v) is 14.2. The number of carboxylic acids is 2. The van der Waals surface area contributed by atoms with Crippen LogP contribution in [0.25, 0.3) is 11.1 Å². The van der Waals surface area contributed by atoms with Crippen LogP contribution >= 0.6 is 0 Å². The minimum absolute atomic E-state index is 0.188. The van der Waals surface area contributed by atoms with E-state index < -0.39 is 25.2 Å². The lowest BCUT2D eigenvalue weighted by molar-refractivity contribution is -0.143. The second kappa shape index (κ2) is 8.13. The highest BCUT2D eigenvalue weighted by Gasteiger charge is 2.24. The number of nitrogens with zero attached hydrogens (tertiary/aromatic N) is 2. The number of benzene rings is 2. The van der Waals surface area contributed by atoms with E-state index in [4.69, 9.17) is 19.9 Å². The zero-order chi connectivity index (χ0) is 19.2. The SMILES string of the molecule is O=C(O)CON=C1CC(=NOCC(=O)O)c2ccccc2-c2ccccc21. The maximum absolute atomic E-state index is 10.7. The summed E-state index contributed by atoms with van der Waals surface area (Å²) in [6.07, 6.45) is 0.188. The van der Waals surface area contributed by atoms with Gasteiger partial charge in [0.1, 0.15) is 0 Å². The molecule has 2 N–H and O–H groups in total. The van der Waals surface area contributed by atoms with Gasteiger partial charge in [0, 0.05) is 17.5 Å². The van der Waals surface area contributed by atoms with Crippen molar-refractivity contribution in [3.05, 3.63) is 59.7 Å². The number of fused-ring (bicyclic) bond motifs is 3. The lowest BCUT2D eigenvalue weighted by Crippen LogP contribution is -2.12. The number of rotatable bonds is 6. The molecule has 0 saturated carbocycles. The summed E-state index contributed by atoms with van der Waals surface area (Å²) >= 11 is 0. The van der Waals surface area contributed by atoms with Crippen LogP contribution in [-0.2, 0) is 19.3 Å². The largest absolute Gasteiger partial charge is 0.479 e. The minimum atomic E-state index is -1.14. The molecular formula is C19H16N2O6. The highest BCUT2D eigenvalue weighted by molar-refractivity contribution is 6.24. The van der Waals surface area contributed by atoms with Crippen LogP contribution in [0, 0.1) is 0 Å². The summed E-state index contributed by atoms with van der Waals surface area (Å²) in [6, 6.07) is 15.0. The molecule has 2 aromatic carbocycles. The van der Waals surface area contributed by atoms with E-state index in [1.807, 2.05) is 48.5 Å². The van der Waals surface area contributed by atoms with Crippen molar-refractivity contribution in [2.45, 2.75) is 6.42 Å². The van der Waals surface area contributed by atoms with Gasteiger partial charge in [-0.1, -0.05) is 58.8 Å². The van der Waals surface area contributed by atoms with Gasteiger partial charge in [-0.2, -0.15) is 0 Å². The Hall–Kier alpha value is -3.68. The van der Waals surface area contributed by atoms with Crippen LogP contribution in [0.3, 0.4) is 0 Å². The summed E-state index contributed by atoms with van der Waals surface area (Å²) in [4.78, 5) is 31.3. The number of hydrogen-bond acceptors (Lipinski definition) is 6. The van der Waals surface area contributed by atoms with E-state index in [1.165, 1.54) is 0 Å². The fourth-order valence-electron chi connectivity index (χ4n) is 2.78. The number of carbonyl (C=O) groups is 2. The standard InChI is InChI=1S/C19H16N2O6/c22-18(23)10-26-20-16-9-17(21-27-11-19(24)25)15-8-4-2-6-13(15)12-5-1-3-7-14(12)16/h1-8H,9-11H2,(H,22,23)(H,24,25). The molecular weight excluding hydrogens is 352 g/mol. The summed E-state index contributed by atoms with van der Waals surface area (Å²) < 4.78 is 0. The summed E-state index contributed by atoms with van der Waals surface area (Å²) in [6.45, 7) is -1.14. The molecule has 0 heterocycles. The average Bonchev–Trinajstić information content (AvgIpc) is 2.77. The normalized spacial score (nSPS) is 15.6. The van der Waals surface area contributed by atoms with Crippen LogP contribution in [0.1, 0.15) is 17.5 Å².